The molecule has 2 aromatic rings. The quantitative estimate of drug-likeness (QED) is 0.755. The van der Waals surface area contributed by atoms with Crippen LogP contribution in [0.2, 0.25) is 0 Å². The third-order valence-corrected chi connectivity index (χ3v) is 3.07. The van der Waals surface area contributed by atoms with Crippen molar-refractivity contribution in [2.75, 3.05) is 13.7 Å². The lowest BCUT2D eigenvalue weighted by Crippen LogP contribution is -2.29. The van der Waals surface area contributed by atoms with Crippen LogP contribution in [0.3, 0.4) is 0 Å². The van der Waals surface area contributed by atoms with Gasteiger partial charge in [-0.2, -0.15) is 5.10 Å². The predicted molar refractivity (Wildman–Crippen MR) is 78.4 cm³/mol. The molecule has 0 unspecified atom stereocenters. The second-order valence-electron chi connectivity index (χ2n) is 4.51. The zero-order chi connectivity index (χ0) is 16.1. The van der Waals surface area contributed by atoms with E-state index >= 15 is 0 Å². The minimum Gasteiger partial charge on any atom is -0.469 e. The second-order valence-corrected chi connectivity index (χ2v) is 4.51. The predicted octanol–water partition coefficient (Wildman–Crippen LogP) is 0.675. The summed E-state index contributed by atoms with van der Waals surface area (Å²) in [7, 11) is 1.28. The van der Waals surface area contributed by atoms with Crippen LogP contribution in [-0.4, -0.2) is 35.4 Å². The van der Waals surface area contributed by atoms with Crippen molar-refractivity contribution < 1.29 is 19.1 Å². The van der Waals surface area contributed by atoms with E-state index in [0.29, 0.717) is 16.5 Å². The molecule has 0 atom stereocenters. The molecule has 0 spiro atoms. The van der Waals surface area contributed by atoms with Crippen molar-refractivity contribution in [1.82, 2.24) is 9.78 Å². The Bertz CT molecular complexity index is 766. The Hall–Kier alpha value is -2.70. The van der Waals surface area contributed by atoms with Crippen molar-refractivity contribution in [1.29, 1.82) is 0 Å². The summed E-state index contributed by atoms with van der Waals surface area (Å²) < 4.78 is 10.5. The van der Waals surface area contributed by atoms with Crippen LogP contribution in [0.15, 0.2) is 29.1 Å². The van der Waals surface area contributed by atoms with Gasteiger partial charge in [-0.05, 0) is 13.0 Å². The maximum Gasteiger partial charge on any atom is 0.327 e. The van der Waals surface area contributed by atoms with Gasteiger partial charge in [-0.15, -0.1) is 0 Å². The van der Waals surface area contributed by atoms with E-state index in [2.05, 4.69) is 9.84 Å². The van der Waals surface area contributed by atoms with E-state index in [0.717, 1.165) is 4.68 Å². The van der Waals surface area contributed by atoms with Crippen molar-refractivity contribution in [3.63, 3.8) is 0 Å². The van der Waals surface area contributed by atoms with Crippen molar-refractivity contribution in [2.24, 2.45) is 0 Å². The maximum absolute atomic E-state index is 12.4. The van der Waals surface area contributed by atoms with Gasteiger partial charge in [-0.3, -0.25) is 14.4 Å². The summed E-state index contributed by atoms with van der Waals surface area (Å²) in [4.78, 5) is 35.4. The Balaban J connectivity index is 2.53. The van der Waals surface area contributed by atoms with Crippen molar-refractivity contribution in [3.05, 3.63) is 40.3 Å². The third kappa shape index (κ3) is 3.30. The molecule has 0 aliphatic carbocycles. The molecule has 0 aliphatic heterocycles. The lowest BCUT2D eigenvalue weighted by atomic mass is 10.1. The van der Waals surface area contributed by atoms with E-state index < -0.39 is 17.5 Å². The number of carbonyl (C=O) groups is 2. The number of methoxy groups -OCH3 is 1. The fourth-order valence-corrected chi connectivity index (χ4v) is 2.08. The molecule has 0 aliphatic rings. The normalized spacial score (nSPS) is 10.5. The minimum absolute atomic E-state index is 0.0832. The van der Waals surface area contributed by atoms with Crippen LogP contribution in [0.5, 0.6) is 0 Å². The minimum atomic E-state index is -0.559. The molecule has 0 radical (unpaired) electrons. The smallest absolute Gasteiger partial charge is 0.327 e. The zero-order valence-electron chi connectivity index (χ0n) is 12.4. The summed E-state index contributed by atoms with van der Waals surface area (Å²) in [6.07, 6.45) is -0.0832. The topological polar surface area (TPSA) is 87.5 Å². The molecule has 0 saturated carbocycles. The molecule has 7 heteroatoms. The lowest BCUT2D eigenvalue weighted by molar-refractivity contribution is -0.144. The molecule has 116 valence electrons. The monoisotopic (exact) mass is 304 g/mol. The highest BCUT2D eigenvalue weighted by Crippen LogP contribution is 2.14. The van der Waals surface area contributed by atoms with Crippen molar-refractivity contribution in [2.45, 2.75) is 19.9 Å². The van der Waals surface area contributed by atoms with Gasteiger partial charge >= 0.3 is 11.9 Å². The number of fused-ring (bicyclic) bond motifs is 1. The standard InChI is InChI=1S/C15H16N2O5/c1-3-22-14(19)9-17-15(20)11-7-5-4-6-10(11)12(16-17)8-13(18)21-2/h4-7H,3,8-9H2,1-2H3. The van der Waals surface area contributed by atoms with Crippen molar-refractivity contribution >= 4 is 22.7 Å². The first-order valence-corrected chi connectivity index (χ1v) is 6.78. The lowest BCUT2D eigenvalue weighted by Gasteiger charge is -2.10. The van der Waals surface area contributed by atoms with Crippen LogP contribution in [0, 0.1) is 0 Å². The fourth-order valence-electron chi connectivity index (χ4n) is 2.08. The molecular weight excluding hydrogens is 288 g/mol. The molecule has 1 aromatic heterocycles. The van der Waals surface area contributed by atoms with Crippen LogP contribution in [0.4, 0.5) is 0 Å². The number of ether oxygens (including phenoxy) is 2. The Morgan fingerprint density at radius 2 is 1.86 bits per heavy atom. The first-order chi connectivity index (χ1) is 10.6. The first kappa shape index (κ1) is 15.7. The summed E-state index contributed by atoms with van der Waals surface area (Å²) >= 11 is 0. The number of rotatable bonds is 5. The molecule has 0 fully saturated rings. The van der Waals surface area contributed by atoms with Gasteiger partial charge in [0.05, 0.1) is 31.2 Å². The van der Waals surface area contributed by atoms with Crippen LogP contribution in [0.25, 0.3) is 10.8 Å². The number of hydrogen-bond acceptors (Lipinski definition) is 6. The van der Waals surface area contributed by atoms with Crippen LogP contribution < -0.4 is 5.56 Å². The van der Waals surface area contributed by atoms with Gasteiger partial charge in [0.1, 0.15) is 6.54 Å². The highest BCUT2D eigenvalue weighted by atomic mass is 16.5. The number of nitrogens with zero attached hydrogens (tertiary/aromatic N) is 2. The molecule has 0 bridgehead atoms. The van der Waals surface area contributed by atoms with E-state index in [1.165, 1.54) is 7.11 Å². The van der Waals surface area contributed by atoms with Gasteiger partial charge in [-0.1, -0.05) is 18.2 Å². The van der Waals surface area contributed by atoms with Crippen LogP contribution >= 0.6 is 0 Å². The van der Waals surface area contributed by atoms with Gasteiger partial charge in [0.15, 0.2) is 0 Å². The van der Waals surface area contributed by atoms with Gasteiger partial charge in [0, 0.05) is 5.39 Å². The number of hydrogen-bond donors (Lipinski definition) is 0. The van der Waals surface area contributed by atoms with Crippen LogP contribution in [-0.2, 0) is 32.0 Å². The van der Waals surface area contributed by atoms with Gasteiger partial charge in [-0.25, -0.2) is 4.68 Å². The highest BCUT2D eigenvalue weighted by molar-refractivity contribution is 5.87. The number of benzene rings is 1. The second kappa shape index (κ2) is 6.84. The van der Waals surface area contributed by atoms with E-state index in [1.54, 1.807) is 31.2 Å². The molecule has 2 rings (SSSR count). The summed E-state index contributed by atoms with van der Waals surface area (Å²) in [5.41, 5.74) is -0.0244. The van der Waals surface area contributed by atoms with E-state index in [-0.39, 0.29) is 19.6 Å². The molecule has 1 heterocycles. The molecule has 0 N–H and O–H groups in total. The molecule has 7 nitrogen and oxygen atoms in total. The fraction of sp³-hybridized carbons (Fsp3) is 0.333. The number of aromatic nitrogens is 2. The van der Waals surface area contributed by atoms with E-state index in [4.69, 9.17) is 4.74 Å². The average molecular weight is 304 g/mol. The maximum atomic E-state index is 12.4. The first-order valence-electron chi connectivity index (χ1n) is 6.78. The van der Waals surface area contributed by atoms with E-state index in [9.17, 15) is 14.4 Å². The zero-order valence-corrected chi connectivity index (χ0v) is 12.4. The number of esters is 2. The molecule has 0 amide bonds. The third-order valence-electron chi connectivity index (χ3n) is 3.07. The average Bonchev–Trinajstić information content (AvgIpc) is 2.52. The molecule has 22 heavy (non-hydrogen) atoms. The Labute approximate surface area is 126 Å². The summed E-state index contributed by atoms with van der Waals surface area (Å²) in [6, 6.07) is 6.79. The SMILES string of the molecule is CCOC(=O)Cn1nc(CC(=O)OC)c2ccccc2c1=O. The Morgan fingerprint density at radius 3 is 2.50 bits per heavy atom. The van der Waals surface area contributed by atoms with Gasteiger partial charge in [0.25, 0.3) is 5.56 Å². The highest BCUT2D eigenvalue weighted by Gasteiger charge is 2.15. The van der Waals surface area contributed by atoms with Gasteiger partial charge in [0.2, 0.25) is 0 Å². The van der Waals surface area contributed by atoms with E-state index in [1.807, 2.05) is 0 Å². The Morgan fingerprint density at radius 1 is 1.18 bits per heavy atom. The largest absolute Gasteiger partial charge is 0.469 e. The van der Waals surface area contributed by atoms with Crippen LogP contribution in [0.1, 0.15) is 12.6 Å². The number of carbonyl (C=O) groups excluding carboxylic acids is 2. The summed E-state index contributed by atoms with van der Waals surface area (Å²) in [6.45, 7) is 1.60. The summed E-state index contributed by atoms with van der Waals surface area (Å²) in [5, 5.41) is 5.07. The molecule has 1 aromatic carbocycles. The molecular formula is C15H16N2O5. The summed E-state index contributed by atoms with van der Waals surface area (Å²) in [5.74, 6) is -1.03. The molecule has 0 saturated heterocycles. The van der Waals surface area contributed by atoms with Gasteiger partial charge < -0.3 is 9.47 Å². The van der Waals surface area contributed by atoms with Crippen molar-refractivity contribution in [3.8, 4) is 0 Å². The Kier molecular flexibility index (Phi) is 4.88.